The zero-order chi connectivity index (χ0) is 16.9. The summed E-state index contributed by atoms with van der Waals surface area (Å²) in [4.78, 5) is 4.30. The molecule has 3 nitrogen and oxygen atoms in total. The Kier molecular flexibility index (Phi) is 5.45. The molecule has 0 saturated heterocycles. The Hall–Kier alpha value is -1.95. The van der Waals surface area contributed by atoms with Crippen molar-refractivity contribution in [2.24, 2.45) is 4.99 Å². The van der Waals surface area contributed by atoms with Gasteiger partial charge in [-0.25, -0.2) is 13.8 Å². The fourth-order valence-corrected chi connectivity index (χ4v) is 3.42. The lowest BCUT2D eigenvalue weighted by molar-refractivity contribution is 0.267. The van der Waals surface area contributed by atoms with Crippen LogP contribution in [0.4, 0.5) is 8.78 Å². The highest BCUT2D eigenvalue weighted by Gasteiger charge is 2.25. The number of ether oxygens (including phenoxy) is 2. The van der Waals surface area contributed by atoms with Gasteiger partial charge in [-0.05, 0) is 30.0 Å². The molecule has 1 aromatic carbocycles. The van der Waals surface area contributed by atoms with Crippen LogP contribution in [0.1, 0.15) is 30.9 Å². The van der Waals surface area contributed by atoms with Crippen LogP contribution in [-0.2, 0) is 11.2 Å². The average Bonchev–Trinajstić information content (AvgIpc) is 3.18. The van der Waals surface area contributed by atoms with Crippen LogP contribution in [-0.4, -0.2) is 25.2 Å². The first-order chi connectivity index (χ1) is 11.7. The summed E-state index contributed by atoms with van der Waals surface area (Å²) in [6.45, 7) is 2.95. The van der Waals surface area contributed by atoms with Crippen LogP contribution in [0.3, 0.4) is 0 Å². The standard InChI is InChI=1S/C18H19F2NO2S/c1-2-4-12-8-10-24-18(12)22-9-7-13-11-23-17(21-13)16-14(19)5-3-6-15(16)20/h3,5-6,8,10,13H,2,4,7,9,11H2,1H3. The van der Waals surface area contributed by atoms with Crippen molar-refractivity contribution in [2.45, 2.75) is 32.2 Å². The molecule has 24 heavy (non-hydrogen) atoms. The lowest BCUT2D eigenvalue weighted by Crippen LogP contribution is -2.11. The Balaban J connectivity index is 1.58. The first kappa shape index (κ1) is 16.9. The number of benzene rings is 1. The third-order valence-corrected chi connectivity index (χ3v) is 4.67. The second-order valence-corrected chi connectivity index (χ2v) is 6.49. The summed E-state index contributed by atoms with van der Waals surface area (Å²) >= 11 is 1.58. The quantitative estimate of drug-likeness (QED) is 0.730. The number of aliphatic imine (C=N–C) groups is 1. The molecular formula is C18H19F2NO2S. The van der Waals surface area contributed by atoms with Gasteiger partial charge in [0.05, 0.1) is 12.6 Å². The van der Waals surface area contributed by atoms with E-state index >= 15 is 0 Å². The Labute approximate surface area is 143 Å². The molecule has 0 aliphatic carbocycles. The highest BCUT2D eigenvalue weighted by molar-refractivity contribution is 7.12. The average molecular weight is 351 g/mol. The van der Waals surface area contributed by atoms with Crippen molar-refractivity contribution in [3.05, 3.63) is 52.4 Å². The molecule has 0 amide bonds. The van der Waals surface area contributed by atoms with Gasteiger partial charge in [0.2, 0.25) is 5.90 Å². The van der Waals surface area contributed by atoms with Gasteiger partial charge in [0, 0.05) is 12.0 Å². The molecule has 3 rings (SSSR count). The smallest absolute Gasteiger partial charge is 0.222 e. The second kappa shape index (κ2) is 7.75. The molecule has 0 bridgehead atoms. The first-order valence-corrected chi connectivity index (χ1v) is 8.91. The summed E-state index contributed by atoms with van der Waals surface area (Å²) < 4.78 is 38.7. The number of hydrogen-bond donors (Lipinski definition) is 0. The molecule has 1 atom stereocenters. The van der Waals surface area contributed by atoms with E-state index in [2.05, 4.69) is 18.0 Å². The summed E-state index contributed by atoms with van der Waals surface area (Å²) in [7, 11) is 0. The number of rotatable bonds is 7. The van der Waals surface area contributed by atoms with Gasteiger partial charge in [-0.1, -0.05) is 19.4 Å². The number of thiophene rings is 1. The summed E-state index contributed by atoms with van der Waals surface area (Å²) in [5.41, 5.74) is 1.03. The lowest BCUT2D eigenvalue weighted by Gasteiger charge is -2.08. The molecular weight excluding hydrogens is 332 g/mol. The van der Waals surface area contributed by atoms with Crippen LogP contribution in [0.2, 0.25) is 0 Å². The van der Waals surface area contributed by atoms with E-state index in [4.69, 9.17) is 9.47 Å². The van der Waals surface area contributed by atoms with Crippen molar-refractivity contribution < 1.29 is 18.3 Å². The molecule has 0 spiro atoms. The second-order valence-electron chi connectivity index (χ2n) is 5.62. The maximum Gasteiger partial charge on any atom is 0.222 e. The van der Waals surface area contributed by atoms with Gasteiger partial charge in [-0.15, -0.1) is 11.3 Å². The van der Waals surface area contributed by atoms with E-state index in [1.807, 2.05) is 5.38 Å². The van der Waals surface area contributed by atoms with Gasteiger partial charge in [-0.2, -0.15) is 0 Å². The minimum Gasteiger partial charge on any atom is -0.484 e. The van der Waals surface area contributed by atoms with Crippen LogP contribution in [0, 0.1) is 11.6 Å². The maximum absolute atomic E-state index is 13.8. The monoisotopic (exact) mass is 351 g/mol. The normalized spacial score (nSPS) is 16.8. The van der Waals surface area contributed by atoms with E-state index in [0.717, 1.165) is 17.9 Å². The van der Waals surface area contributed by atoms with Crippen molar-refractivity contribution in [1.29, 1.82) is 0 Å². The predicted molar refractivity (Wildman–Crippen MR) is 91.1 cm³/mol. The predicted octanol–water partition coefficient (Wildman–Crippen LogP) is 4.59. The van der Waals surface area contributed by atoms with E-state index in [1.165, 1.54) is 23.8 Å². The molecule has 0 radical (unpaired) electrons. The molecule has 1 unspecified atom stereocenters. The summed E-state index contributed by atoms with van der Waals surface area (Å²) in [6.07, 6.45) is 2.72. The van der Waals surface area contributed by atoms with Crippen LogP contribution >= 0.6 is 11.3 Å². The molecule has 0 N–H and O–H groups in total. The van der Waals surface area contributed by atoms with Crippen molar-refractivity contribution in [3.8, 4) is 5.06 Å². The summed E-state index contributed by atoms with van der Waals surface area (Å²) in [5, 5.41) is 2.97. The van der Waals surface area contributed by atoms with Crippen molar-refractivity contribution in [3.63, 3.8) is 0 Å². The van der Waals surface area contributed by atoms with E-state index < -0.39 is 11.6 Å². The van der Waals surface area contributed by atoms with Crippen molar-refractivity contribution in [2.75, 3.05) is 13.2 Å². The Morgan fingerprint density at radius 1 is 1.29 bits per heavy atom. The van der Waals surface area contributed by atoms with E-state index in [9.17, 15) is 8.78 Å². The zero-order valence-corrected chi connectivity index (χ0v) is 14.2. The maximum atomic E-state index is 13.8. The third-order valence-electron chi connectivity index (χ3n) is 3.80. The first-order valence-electron chi connectivity index (χ1n) is 8.03. The summed E-state index contributed by atoms with van der Waals surface area (Å²) in [6, 6.07) is 5.66. The number of hydrogen-bond acceptors (Lipinski definition) is 4. The summed E-state index contributed by atoms with van der Waals surface area (Å²) in [5.74, 6) is -1.28. The Bertz CT molecular complexity index is 709. The number of halogens is 2. The molecule has 1 aliphatic heterocycles. The highest BCUT2D eigenvalue weighted by Crippen LogP contribution is 2.28. The molecule has 0 fully saturated rings. The fourth-order valence-electron chi connectivity index (χ4n) is 2.59. The van der Waals surface area contributed by atoms with Crippen molar-refractivity contribution >= 4 is 17.2 Å². The lowest BCUT2D eigenvalue weighted by atomic mass is 10.2. The van der Waals surface area contributed by atoms with Gasteiger partial charge >= 0.3 is 0 Å². The van der Waals surface area contributed by atoms with Gasteiger partial charge < -0.3 is 9.47 Å². The Morgan fingerprint density at radius 3 is 2.83 bits per heavy atom. The minimum absolute atomic E-state index is 0.0402. The Morgan fingerprint density at radius 2 is 2.08 bits per heavy atom. The van der Waals surface area contributed by atoms with Crippen LogP contribution < -0.4 is 4.74 Å². The minimum atomic E-state index is -0.659. The molecule has 1 aromatic heterocycles. The van der Waals surface area contributed by atoms with E-state index in [-0.39, 0.29) is 17.5 Å². The molecule has 1 aliphatic rings. The van der Waals surface area contributed by atoms with Crippen LogP contribution in [0.5, 0.6) is 5.06 Å². The van der Waals surface area contributed by atoms with Gasteiger partial charge in [0.1, 0.15) is 23.8 Å². The zero-order valence-electron chi connectivity index (χ0n) is 13.4. The molecule has 0 saturated carbocycles. The fraction of sp³-hybridized carbons (Fsp3) is 0.389. The van der Waals surface area contributed by atoms with Gasteiger partial charge in [0.15, 0.2) is 5.06 Å². The molecule has 2 heterocycles. The largest absolute Gasteiger partial charge is 0.484 e. The number of nitrogens with zero attached hydrogens (tertiary/aromatic N) is 1. The van der Waals surface area contributed by atoms with Crippen LogP contribution in [0.25, 0.3) is 0 Å². The van der Waals surface area contributed by atoms with Crippen LogP contribution in [0.15, 0.2) is 34.6 Å². The van der Waals surface area contributed by atoms with Gasteiger partial charge in [0.25, 0.3) is 0 Å². The van der Waals surface area contributed by atoms with Crippen molar-refractivity contribution in [1.82, 2.24) is 0 Å². The number of aryl methyl sites for hydroxylation is 1. The molecule has 2 aromatic rings. The van der Waals surface area contributed by atoms with E-state index in [0.29, 0.717) is 19.6 Å². The molecule has 128 valence electrons. The topological polar surface area (TPSA) is 30.8 Å². The molecule has 6 heteroatoms. The third kappa shape index (κ3) is 3.75. The van der Waals surface area contributed by atoms with E-state index in [1.54, 1.807) is 11.3 Å². The SMILES string of the molecule is CCCc1ccsc1OCCC1COC(c2c(F)cccc2F)=N1. The van der Waals surface area contributed by atoms with Gasteiger partial charge in [-0.3, -0.25) is 0 Å². The highest BCUT2D eigenvalue weighted by atomic mass is 32.1.